The number of amides is 1. The Balaban J connectivity index is 2.62. The molecule has 2 rings (SSSR count). The Kier molecular flexibility index (Phi) is 8.15. The summed E-state index contributed by atoms with van der Waals surface area (Å²) in [6.45, 7) is 19.3. The number of hydrogen-bond donors (Lipinski definition) is 0. The molecule has 1 fully saturated rings. The molecule has 0 aliphatic carbocycles. The number of likely N-dealkylation sites (tertiary alicyclic amines) is 1. The van der Waals surface area contributed by atoms with E-state index in [-0.39, 0.29) is 39.8 Å². The fourth-order valence-corrected chi connectivity index (χ4v) is 10.5. The van der Waals surface area contributed by atoms with E-state index >= 15 is 0 Å². The second-order valence-electron chi connectivity index (χ2n) is 9.65. The van der Waals surface area contributed by atoms with Crippen molar-refractivity contribution in [3.05, 3.63) is 40.0 Å². The van der Waals surface area contributed by atoms with Crippen molar-refractivity contribution in [3.63, 3.8) is 0 Å². The minimum absolute atomic E-state index is 0.000550. The van der Waals surface area contributed by atoms with Gasteiger partial charge in [0, 0.05) is 18.7 Å². The van der Waals surface area contributed by atoms with Crippen LogP contribution in [0, 0.1) is 10.1 Å². The Bertz CT molecular complexity index is 860. The minimum atomic E-state index is -2.38. The van der Waals surface area contributed by atoms with E-state index in [0.29, 0.717) is 18.0 Å². The Morgan fingerprint density at radius 2 is 1.75 bits per heavy atom. The van der Waals surface area contributed by atoms with Crippen LogP contribution in [-0.2, 0) is 0 Å². The molecule has 1 saturated heterocycles. The standard InChI is InChI=1S/C24H38N2O5Si/c1-10-19-11-18(8)14-25(19)24(27)20-12-22(30-9)23(13-21(20)26(28)29)31-32(15(2)3,16(4)5)17(6)7/h12-13,15-17,19H,8,10-11,14H2,1-7,9H3/t19-/m1/s1. The number of nitrogens with zero attached hydrogens (tertiary/aromatic N) is 2. The quantitative estimate of drug-likeness (QED) is 0.185. The molecule has 7 nitrogen and oxygen atoms in total. The maximum absolute atomic E-state index is 13.4. The molecular weight excluding hydrogens is 424 g/mol. The molecule has 1 aliphatic rings. The summed E-state index contributed by atoms with van der Waals surface area (Å²) < 4.78 is 12.3. The summed E-state index contributed by atoms with van der Waals surface area (Å²) in [7, 11) is -0.881. The van der Waals surface area contributed by atoms with Crippen molar-refractivity contribution < 1.29 is 18.9 Å². The predicted octanol–water partition coefficient (Wildman–Crippen LogP) is 6.34. The second-order valence-corrected chi connectivity index (χ2v) is 15.0. The molecule has 1 atom stereocenters. The highest BCUT2D eigenvalue weighted by atomic mass is 28.4. The van der Waals surface area contributed by atoms with Gasteiger partial charge < -0.3 is 14.1 Å². The summed E-state index contributed by atoms with van der Waals surface area (Å²) in [5, 5.41) is 12.0. The largest absolute Gasteiger partial charge is 0.540 e. The van der Waals surface area contributed by atoms with Crippen LogP contribution < -0.4 is 9.16 Å². The molecule has 1 amide bonds. The van der Waals surface area contributed by atoms with E-state index in [4.69, 9.17) is 9.16 Å². The molecule has 32 heavy (non-hydrogen) atoms. The summed E-state index contributed by atoms with van der Waals surface area (Å²) in [5.74, 6) is 0.326. The zero-order chi connectivity index (χ0) is 24.4. The summed E-state index contributed by atoms with van der Waals surface area (Å²) in [6.07, 6.45) is 1.49. The third-order valence-electron chi connectivity index (χ3n) is 6.79. The van der Waals surface area contributed by atoms with Gasteiger partial charge in [-0.05, 0) is 29.5 Å². The molecule has 0 aromatic heterocycles. The third-order valence-corrected chi connectivity index (χ3v) is 12.8. The average Bonchev–Trinajstić information content (AvgIpc) is 3.10. The molecule has 0 spiro atoms. The van der Waals surface area contributed by atoms with Crippen molar-refractivity contribution >= 4 is 19.9 Å². The molecular formula is C24H38N2O5Si. The number of methoxy groups -OCH3 is 1. The smallest absolute Gasteiger partial charge is 0.286 e. The molecule has 0 unspecified atom stereocenters. The topological polar surface area (TPSA) is 81.9 Å². The number of carbonyl (C=O) groups excluding carboxylic acids is 1. The van der Waals surface area contributed by atoms with Crippen molar-refractivity contribution in [2.75, 3.05) is 13.7 Å². The maximum Gasteiger partial charge on any atom is 0.286 e. The van der Waals surface area contributed by atoms with Gasteiger partial charge in [0.05, 0.1) is 18.1 Å². The van der Waals surface area contributed by atoms with Crippen LogP contribution >= 0.6 is 0 Å². The molecule has 178 valence electrons. The maximum atomic E-state index is 13.4. The molecule has 1 aliphatic heterocycles. The normalized spacial score (nSPS) is 16.9. The molecule has 0 bridgehead atoms. The molecule has 0 saturated carbocycles. The molecule has 0 N–H and O–H groups in total. The zero-order valence-corrected chi connectivity index (χ0v) is 21.7. The number of nitro groups is 1. The van der Waals surface area contributed by atoms with Gasteiger partial charge in [-0.25, -0.2) is 0 Å². The summed E-state index contributed by atoms with van der Waals surface area (Å²) >= 11 is 0. The first-order valence-electron chi connectivity index (χ1n) is 11.4. The fraction of sp³-hybridized carbons (Fsp3) is 0.625. The Hall–Kier alpha value is -2.35. The lowest BCUT2D eigenvalue weighted by Gasteiger charge is -2.42. The molecule has 0 radical (unpaired) electrons. The first-order chi connectivity index (χ1) is 14.9. The monoisotopic (exact) mass is 462 g/mol. The van der Waals surface area contributed by atoms with Gasteiger partial charge in [-0.15, -0.1) is 0 Å². The van der Waals surface area contributed by atoms with E-state index in [2.05, 4.69) is 48.1 Å². The Morgan fingerprint density at radius 1 is 1.19 bits per heavy atom. The second kappa shape index (κ2) is 10.1. The van der Waals surface area contributed by atoms with Gasteiger partial charge in [0.2, 0.25) is 0 Å². The fourth-order valence-electron chi connectivity index (χ4n) is 5.29. The van der Waals surface area contributed by atoms with Gasteiger partial charge in [-0.2, -0.15) is 0 Å². The van der Waals surface area contributed by atoms with E-state index < -0.39 is 13.2 Å². The van der Waals surface area contributed by atoms with Crippen molar-refractivity contribution in [2.45, 2.75) is 84.0 Å². The van der Waals surface area contributed by atoms with Gasteiger partial charge in [0.1, 0.15) is 5.56 Å². The van der Waals surface area contributed by atoms with Crippen LogP contribution in [0.4, 0.5) is 5.69 Å². The van der Waals surface area contributed by atoms with Crippen LogP contribution in [0.25, 0.3) is 0 Å². The van der Waals surface area contributed by atoms with Gasteiger partial charge in [0.25, 0.3) is 19.9 Å². The van der Waals surface area contributed by atoms with Gasteiger partial charge in [-0.3, -0.25) is 14.9 Å². The SMILES string of the molecule is C=C1C[C@@H](CC)N(C(=O)c2cc(OC)c(O[Si](C(C)C)(C(C)C)C(C)C)cc2[N+](=O)[O-])C1. The van der Waals surface area contributed by atoms with Crippen molar-refractivity contribution in [1.82, 2.24) is 4.90 Å². The van der Waals surface area contributed by atoms with Crippen LogP contribution in [0.3, 0.4) is 0 Å². The molecule has 1 aromatic carbocycles. The zero-order valence-electron chi connectivity index (χ0n) is 20.7. The van der Waals surface area contributed by atoms with Crippen LogP contribution in [0.2, 0.25) is 16.6 Å². The number of hydrogen-bond acceptors (Lipinski definition) is 5. The van der Waals surface area contributed by atoms with E-state index in [1.54, 1.807) is 4.90 Å². The third kappa shape index (κ3) is 4.70. The Labute approximate surface area is 193 Å². The Morgan fingerprint density at radius 3 is 2.19 bits per heavy atom. The van der Waals surface area contributed by atoms with Crippen molar-refractivity contribution in [2.24, 2.45) is 0 Å². The number of ether oxygens (including phenoxy) is 1. The predicted molar refractivity (Wildman–Crippen MR) is 130 cm³/mol. The van der Waals surface area contributed by atoms with E-state index in [1.807, 2.05) is 6.92 Å². The van der Waals surface area contributed by atoms with E-state index in [9.17, 15) is 14.9 Å². The molecule has 8 heteroatoms. The lowest BCUT2D eigenvalue weighted by atomic mass is 10.1. The summed E-state index contributed by atoms with van der Waals surface area (Å²) in [4.78, 5) is 26.6. The van der Waals surface area contributed by atoms with E-state index in [0.717, 1.165) is 18.4 Å². The van der Waals surface area contributed by atoms with Crippen molar-refractivity contribution in [3.8, 4) is 11.5 Å². The van der Waals surface area contributed by atoms with Crippen LogP contribution in [0.1, 0.15) is 71.7 Å². The highest BCUT2D eigenvalue weighted by Gasteiger charge is 2.48. The van der Waals surface area contributed by atoms with Crippen LogP contribution in [0.15, 0.2) is 24.3 Å². The summed E-state index contributed by atoms with van der Waals surface area (Å²) in [5.41, 5.74) is 1.59. The highest BCUT2D eigenvalue weighted by Crippen LogP contribution is 2.46. The summed E-state index contributed by atoms with van der Waals surface area (Å²) in [6, 6.07) is 2.86. The van der Waals surface area contributed by atoms with E-state index in [1.165, 1.54) is 19.2 Å². The average molecular weight is 463 g/mol. The lowest BCUT2D eigenvalue weighted by Crippen LogP contribution is -2.50. The van der Waals surface area contributed by atoms with Crippen LogP contribution in [0.5, 0.6) is 11.5 Å². The first kappa shape index (κ1) is 25.9. The molecule has 1 heterocycles. The van der Waals surface area contributed by atoms with Crippen LogP contribution in [-0.4, -0.2) is 43.7 Å². The first-order valence-corrected chi connectivity index (χ1v) is 13.6. The van der Waals surface area contributed by atoms with Gasteiger partial charge in [0.15, 0.2) is 11.5 Å². The van der Waals surface area contributed by atoms with Crippen molar-refractivity contribution in [1.29, 1.82) is 0 Å². The molecule has 1 aromatic rings. The highest BCUT2D eigenvalue weighted by molar-refractivity contribution is 6.78. The number of nitro benzene ring substituents is 1. The minimum Gasteiger partial charge on any atom is -0.540 e. The number of rotatable bonds is 9. The van der Waals surface area contributed by atoms with Gasteiger partial charge in [-0.1, -0.05) is 60.6 Å². The lowest BCUT2D eigenvalue weighted by molar-refractivity contribution is -0.385. The number of carbonyl (C=O) groups is 1. The van der Waals surface area contributed by atoms with Gasteiger partial charge >= 0.3 is 0 Å². The number of benzene rings is 1.